The summed E-state index contributed by atoms with van der Waals surface area (Å²) in [6.45, 7) is 4.12. The number of aromatic nitrogens is 2. The molecule has 1 N–H and O–H groups in total. The summed E-state index contributed by atoms with van der Waals surface area (Å²) in [5, 5.41) is 12.1. The second-order valence-corrected chi connectivity index (χ2v) is 5.00. The highest BCUT2D eigenvalue weighted by Gasteiger charge is 2.09. The van der Waals surface area contributed by atoms with Gasteiger partial charge in [-0.1, -0.05) is 0 Å². The van der Waals surface area contributed by atoms with Gasteiger partial charge in [0.1, 0.15) is 23.8 Å². The maximum absolute atomic E-state index is 8.88. The molecule has 0 spiro atoms. The van der Waals surface area contributed by atoms with E-state index >= 15 is 0 Å². The molecule has 0 aromatic carbocycles. The number of nitrogens with one attached hydrogen (secondary N) is 1. The lowest BCUT2D eigenvalue weighted by atomic mass is 10.3. The van der Waals surface area contributed by atoms with Crippen LogP contribution in [0, 0.1) is 11.3 Å². The average Bonchev–Trinajstić information content (AvgIpc) is 2.40. The minimum Gasteiger partial charge on any atom is -0.368 e. The second-order valence-electron chi connectivity index (χ2n) is 3.78. The Morgan fingerprint density at radius 2 is 2.29 bits per heavy atom. The Labute approximate surface area is 105 Å². The first-order chi connectivity index (χ1) is 8.40. The van der Waals surface area contributed by atoms with Crippen LogP contribution in [0.5, 0.6) is 0 Å². The zero-order chi connectivity index (χ0) is 11.9. The molecule has 1 aromatic rings. The van der Waals surface area contributed by atoms with Crippen LogP contribution in [0.3, 0.4) is 0 Å². The SMILES string of the molecule is N#Cc1cncnc1NCCN1CCSCC1. The van der Waals surface area contributed by atoms with Crippen molar-refractivity contribution in [3.8, 4) is 6.07 Å². The van der Waals surface area contributed by atoms with Crippen LogP contribution in [0.2, 0.25) is 0 Å². The molecule has 1 aromatic heterocycles. The van der Waals surface area contributed by atoms with E-state index in [1.54, 1.807) is 0 Å². The van der Waals surface area contributed by atoms with Gasteiger partial charge >= 0.3 is 0 Å². The van der Waals surface area contributed by atoms with Gasteiger partial charge in [0.15, 0.2) is 0 Å². The lowest BCUT2D eigenvalue weighted by molar-refractivity contribution is 0.314. The van der Waals surface area contributed by atoms with Crippen molar-refractivity contribution in [2.75, 3.05) is 43.0 Å². The smallest absolute Gasteiger partial charge is 0.147 e. The zero-order valence-electron chi connectivity index (χ0n) is 9.59. The van der Waals surface area contributed by atoms with E-state index < -0.39 is 0 Å². The highest BCUT2D eigenvalue weighted by Crippen LogP contribution is 2.10. The van der Waals surface area contributed by atoms with Crippen LogP contribution in [0.25, 0.3) is 0 Å². The van der Waals surface area contributed by atoms with E-state index in [1.165, 1.54) is 24.0 Å². The first-order valence-electron chi connectivity index (χ1n) is 5.64. The van der Waals surface area contributed by atoms with E-state index in [-0.39, 0.29) is 0 Å². The number of thioether (sulfide) groups is 1. The van der Waals surface area contributed by atoms with Gasteiger partial charge in [-0.2, -0.15) is 17.0 Å². The number of nitriles is 1. The standard InChI is InChI=1S/C11H15N5S/c12-7-10-8-13-9-15-11(10)14-1-2-16-3-5-17-6-4-16/h8-9H,1-6H2,(H,13,14,15). The molecule has 90 valence electrons. The van der Waals surface area contributed by atoms with Gasteiger partial charge in [0.05, 0.1) is 6.20 Å². The predicted octanol–water partition coefficient (Wildman–Crippen LogP) is 0.809. The first-order valence-corrected chi connectivity index (χ1v) is 6.79. The molecule has 1 saturated heterocycles. The van der Waals surface area contributed by atoms with Crippen molar-refractivity contribution in [1.82, 2.24) is 14.9 Å². The molecule has 2 heterocycles. The molecule has 5 nitrogen and oxygen atoms in total. The highest BCUT2D eigenvalue weighted by atomic mass is 32.2. The Balaban J connectivity index is 1.79. The van der Waals surface area contributed by atoms with Gasteiger partial charge in [0.25, 0.3) is 0 Å². The van der Waals surface area contributed by atoms with Crippen LogP contribution in [-0.4, -0.2) is 52.6 Å². The number of hydrogen-bond acceptors (Lipinski definition) is 6. The lowest BCUT2D eigenvalue weighted by Crippen LogP contribution is -2.36. The summed E-state index contributed by atoms with van der Waals surface area (Å²) in [5.74, 6) is 3.07. The largest absolute Gasteiger partial charge is 0.368 e. The molecule has 0 radical (unpaired) electrons. The molecule has 1 aliphatic heterocycles. The fourth-order valence-corrected chi connectivity index (χ4v) is 2.69. The number of hydrogen-bond donors (Lipinski definition) is 1. The molecule has 0 saturated carbocycles. The van der Waals surface area contributed by atoms with E-state index in [4.69, 9.17) is 5.26 Å². The van der Waals surface area contributed by atoms with Crippen LogP contribution in [0.4, 0.5) is 5.82 Å². The van der Waals surface area contributed by atoms with E-state index in [2.05, 4.69) is 26.3 Å². The molecule has 17 heavy (non-hydrogen) atoms. The summed E-state index contributed by atoms with van der Waals surface area (Å²) < 4.78 is 0. The Hall–Kier alpha value is -1.32. The Bertz CT molecular complexity index is 397. The second kappa shape index (κ2) is 6.42. The normalized spacial score (nSPS) is 16.4. The summed E-state index contributed by atoms with van der Waals surface area (Å²) >= 11 is 2.01. The first kappa shape index (κ1) is 12.1. The molecule has 1 fully saturated rings. The van der Waals surface area contributed by atoms with Crippen molar-refractivity contribution in [2.24, 2.45) is 0 Å². The van der Waals surface area contributed by atoms with Crippen molar-refractivity contribution >= 4 is 17.6 Å². The molecule has 6 heteroatoms. The third-order valence-electron chi connectivity index (χ3n) is 2.66. The van der Waals surface area contributed by atoms with Gasteiger partial charge in [-0.15, -0.1) is 0 Å². The van der Waals surface area contributed by atoms with Crippen LogP contribution < -0.4 is 5.32 Å². The van der Waals surface area contributed by atoms with E-state index in [0.717, 1.165) is 26.2 Å². The van der Waals surface area contributed by atoms with E-state index in [0.29, 0.717) is 11.4 Å². The minimum absolute atomic E-state index is 0.502. The Kier molecular flexibility index (Phi) is 4.59. The van der Waals surface area contributed by atoms with Crippen LogP contribution >= 0.6 is 11.8 Å². The molecule has 1 aliphatic rings. The summed E-state index contributed by atoms with van der Waals surface area (Å²) in [4.78, 5) is 10.3. The number of rotatable bonds is 4. The van der Waals surface area contributed by atoms with Crippen LogP contribution in [0.1, 0.15) is 5.56 Å². The minimum atomic E-state index is 0.502. The fourth-order valence-electron chi connectivity index (χ4n) is 1.71. The molecular formula is C11H15N5S. The number of nitrogens with zero attached hydrogens (tertiary/aromatic N) is 4. The van der Waals surface area contributed by atoms with E-state index in [1.807, 2.05) is 11.8 Å². The van der Waals surface area contributed by atoms with Gasteiger partial charge in [-0.3, -0.25) is 4.90 Å². The Morgan fingerprint density at radius 1 is 1.47 bits per heavy atom. The summed E-state index contributed by atoms with van der Waals surface area (Å²) in [7, 11) is 0. The third-order valence-corrected chi connectivity index (χ3v) is 3.60. The lowest BCUT2D eigenvalue weighted by Gasteiger charge is -2.26. The van der Waals surface area contributed by atoms with Gasteiger partial charge in [-0.25, -0.2) is 9.97 Å². The summed E-state index contributed by atoms with van der Waals surface area (Å²) in [5.41, 5.74) is 0.502. The van der Waals surface area contributed by atoms with Crippen molar-refractivity contribution in [3.63, 3.8) is 0 Å². The highest BCUT2D eigenvalue weighted by molar-refractivity contribution is 7.99. The van der Waals surface area contributed by atoms with Gasteiger partial charge in [0, 0.05) is 37.7 Å². The van der Waals surface area contributed by atoms with Crippen molar-refractivity contribution in [1.29, 1.82) is 5.26 Å². The third kappa shape index (κ3) is 3.58. The van der Waals surface area contributed by atoms with Crippen molar-refractivity contribution < 1.29 is 0 Å². The molecule has 0 unspecified atom stereocenters. The van der Waals surface area contributed by atoms with Gasteiger partial charge in [-0.05, 0) is 0 Å². The zero-order valence-corrected chi connectivity index (χ0v) is 10.4. The predicted molar refractivity (Wildman–Crippen MR) is 69.0 cm³/mol. The van der Waals surface area contributed by atoms with Gasteiger partial charge in [0.2, 0.25) is 0 Å². The summed E-state index contributed by atoms with van der Waals surface area (Å²) in [6, 6.07) is 2.08. The average molecular weight is 249 g/mol. The monoisotopic (exact) mass is 249 g/mol. The topological polar surface area (TPSA) is 64.8 Å². The molecule has 2 rings (SSSR count). The molecule has 0 aliphatic carbocycles. The number of anilines is 1. The van der Waals surface area contributed by atoms with Gasteiger partial charge < -0.3 is 5.32 Å². The Morgan fingerprint density at radius 3 is 3.06 bits per heavy atom. The summed E-state index contributed by atoms with van der Waals surface area (Å²) in [6.07, 6.45) is 2.99. The van der Waals surface area contributed by atoms with Crippen molar-refractivity contribution in [3.05, 3.63) is 18.1 Å². The molecule has 0 atom stereocenters. The van der Waals surface area contributed by atoms with E-state index in [9.17, 15) is 0 Å². The molecular weight excluding hydrogens is 234 g/mol. The van der Waals surface area contributed by atoms with Crippen LogP contribution in [-0.2, 0) is 0 Å². The quantitative estimate of drug-likeness (QED) is 0.852. The molecule has 0 amide bonds. The molecule has 0 bridgehead atoms. The maximum atomic E-state index is 8.88. The fraction of sp³-hybridized carbons (Fsp3) is 0.545. The van der Waals surface area contributed by atoms with Crippen molar-refractivity contribution in [2.45, 2.75) is 0 Å². The van der Waals surface area contributed by atoms with Crippen LogP contribution in [0.15, 0.2) is 12.5 Å². The maximum Gasteiger partial charge on any atom is 0.147 e.